The van der Waals surface area contributed by atoms with E-state index in [1.165, 1.54) is 5.56 Å². The summed E-state index contributed by atoms with van der Waals surface area (Å²) in [6.45, 7) is 10.4. The Kier molecular flexibility index (Phi) is 4.56. The van der Waals surface area contributed by atoms with Gasteiger partial charge in [-0.2, -0.15) is 0 Å². The molecule has 0 saturated carbocycles. The second kappa shape index (κ2) is 6.08. The topological polar surface area (TPSA) is 62.2 Å². The number of nitrogens with zero attached hydrogens (tertiary/aromatic N) is 1. The van der Waals surface area contributed by atoms with Crippen LogP contribution in [0.3, 0.4) is 0 Å². The van der Waals surface area contributed by atoms with E-state index < -0.39 is 5.97 Å². The molecule has 0 unspecified atom stereocenters. The van der Waals surface area contributed by atoms with Crippen LogP contribution < -0.4 is 9.84 Å². The number of benzene rings is 1. The van der Waals surface area contributed by atoms with Crippen molar-refractivity contribution in [2.45, 2.75) is 46.6 Å². The fourth-order valence-electron chi connectivity index (χ4n) is 2.20. The molecule has 0 radical (unpaired) electrons. The van der Waals surface area contributed by atoms with E-state index in [1.54, 1.807) is 6.92 Å². The van der Waals surface area contributed by atoms with Gasteiger partial charge in [0.25, 0.3) is 0 Å². The predicted molar refractivity (Wildman–Crippen MR) is 85.4 cm³/mol. The van der Waals surface area contributed by atoms with E-state index in [1.807, 2.05) is 12.1 Å². The molecule has 1 heterocycles. The number of carboxylic acids is 1. The van der Waals surface area contributed by atoms with Crippen LogP contribution in [0.15, 0.2) is 18.2 Å². The fourth-order valence-corrected chi connectivity index (χ4v) is 3.01. The van der Waals surface area contributed by atoms with Crippen LogP contribution in [0, 0.1) is 13.8 Å². The summed E-state index contributed by atoms with van der Waals surface area (Å²) >= 11 is 1.11. The number of rotatable bonds is 4. The van der Waals surface area contributed by atoms with Crippen LogP contribution in [-0.2, 0) is 12.0 Å². The molecule has 2 rings (SSSR count). The lowest BCUT2D eigenvalue weighted by atomic mass is 9.85. The second-order valence-corrected chi connectivity index (χ2v) is 7.43. The van der Waals surface area contributed by atoms with Crippen LogP contribution in [0.1, 0.15) is 52.3 Å². The van der Waals surface area contributed by atoms with Crippen molar-refractivity contribution in [2.24, 2.45) is 0 Å². The highest BCUT2D eigenvalue weighted by Crippen LogP contribution is 2.33. The lowest BCUT2D eigenvalue weighted by Crippen LogP contribution is -2.21. The van der Waals surface area contributed by atoms with Crippen molar-refractivity contribution < 1.29 is 14.6 Å². The summed E-state index contributed by atoms with van der Waals surface area (Å²) in [7, 11) is 0. The molecule has 2 aromatic rings. The van der Waals surface area contributed by atoms with Crippen molar-refractivity contribution in [1.29, 1.82) is 0 Å². The molecule has 0 fully saturated rings. The molecule has 0 N–H and O–H groups in total. The fraction of sp³-hybridized carbons (Fsp3) is 0.412. The molecule has 5 heteroatoms. The normalized spacial score (nSPS) is 11.5. The van der Waals surface area contributed by atoms with Crippen LogP contribution in [0.2, 0.25) is 0 Å². The maximum Gasteiger partial charge on any atom is 0.140 e. The minimum atomic E-state index is -1.19. The Morgan fingerprint density at radius 3 is 2.55 bits per heavy atom. The molecule has 0 bridgehead atoms. The van der Waals surface area contributed by atoms with Gasteiger partial charge < -0.3 is 14.6 Å². The van der Waals surface area contributed by atoms with Crippen LogP contribution in [-0.4, -0.2) is 11.0 Å². The molecule has 0 saturated heterocycles. The van der Waals surface area contributed by atoms with E-state index in [4.69, 9.17) is 4.74 Å². The molecule has 22 heavy (non-hydrogen) atoms. The molecule has 0 atom stereocenters. The van der Waals surface area contributed by atoms with Gasteiger partial charge in [0.2, 0.25) is 0 Å². The number of aryl methyl sites for hydroxylation is 2. The van der Waals surface area contributed by atoms with E-state index in [9.17, 15) is 9.90 Å². The summed E-state index contributed by atoms with van der Waals surface area (Å²) in [6.07, 6.45) is 0. The zero-order valence-electron chi connectivity index (χ0n) is 13.5. The molecule has 0 aliphatic heterocycles. The number of aromatic nitrogens is 1. The molecule has 0 aliphatic rings. The number of aromatic carboxylic acids is 1. The van der Waals surface area contributed by atoms with Gasteiger partial charge in [0, 0.05) is 0 Å². The van der Waals surface area contributed by atoms with Gasteiger partial charge in [-0.25, -0.2) is 4.98 Å². The third-order valence-corrected chi connectivity index (χ3v) is 4.43. The van der Waals surface area contributed by atoms with Gasteiger partial charge >= 0.3 is 0 Å². The van der Waals surface area contributed by atoms with Gasteiger partial charge in [0.15, 0.2) is 0 Å². The first-order valence-electron chi connectivity index (χ1n) is 7.10. The number of carbonyl (C=O) groups excluding carboxylic acids is 1. The van der Waals surface area contributed by atoms with Gasteiger partial charge in [-0.05, 0) is 30.9 Å². The Balaban J connectivity index is 2.22. The molecule has 1 aromatic heterocycles. The van der Waals surface area contributed by atoms with Crippen molar-refractivity contribution in [3.63, 3.8) is 0 Å². The summed E-state index contributed by atoms with van der Waals surface area (Å²) < 4.78 is 5.89. The maximum atomic E-state index is 11.0. The zero-order chi connectivity index (χ0) is 16.5. The molecule has 1 aromatic carbocycles. The average Bonchev–Trinajstić information content (AvgIpc) is 2.77. The van der Waals surface area contributed by atoms with E-state index in [0.717, 1.165) is 22.6 Å². The third-order valence-electron chi connectivity index (χ3n) is 3.32. The van der Waals surface area contributed by atoms with Crippen LogP contribution in [0.5, 0.6) is 5.75 Å². The highest BCUT2D eigenvalue weighted by Gasteiger charge is 2.19. The first-order chi connectivity index (χ1) is 10.2. The van der Waals surface area contributed by atoms with Crippen LogP contribution in [0.4, 0.5) is 0 Å². The third kappa shape index (κ3) is 3.65. The standard InChI is InChI=1S/C17H21NO3S/c1-10-6-7-13(12(8-10)17(3,4)5)21-9-14-18-11(2)15(22-14)16(19)20/h6-8H,9H2,1-5H3,(H,19,20)/p-1. The Morgan fingerprint density at radius 2 is 2.00 bits per heavy atom. The van der Waals surface area contributed by atoms with Crippen molar-refractivity contribution >= 4 is 17.3 Å². The number of ether oxygens (including phenoxy) is 1. The van der Waals surface area contributed by atoms with Gasteiger partial charge in [0.1, 0.15) is 17.4 Å². The Morgan fingerprint density at radius 1 is 1.32 bits per heavy atom. The Hall–Kier alpha value is -1.88. The summed E-state index contributed by atoms with van der Waals surface area (Å²) in [6, 6.07) is 6.08. The smallest absolute Gasteiger partial charge is 0.140 e. The van der Waals surface area contributed by atoms with E-state index in [-0.39, 0.29) is 16.9 Å². The molecule has 118 valence electrons. The first-order valence-corrected chi connectivity index (χ1v) is 7.91. The first kappa shape index (κ1) is 16.5. The van der Waals surface area contributed by atoms with Crippen molar-refractivity contribution in [2.75, 3.05) is 0 Å². The number of hydrogen-bond acceptors (Lipinski definition) is 5. The largest absolute Gasteiger partial charge is 0.544 e. The highest BCUT2D eigenvalue weighted by molar-refractivity contribution is 7.13. The summed E-state index contributed by atoms with van der Waals surface area (Å²) in [5, 5.41) is 11.6. The molecular weight excluding hydrogens is 298 g/mol. The van der Waals surface area contributed by atoms with E-state index >= 15 is 0 Å². The van der Waals surface area contributed by atoms with E-state index in [0.29, 0.717) is 10.7 Å². The van der Waals surface area contributed by atoms with Gasteiger partial charge in [0.05, 0.1) is 16.5 Å². The zero-order valence-corrected chi connectivity index (χ0v) is 14.3. The average molecular weight is 318 g/mol. The monoisotopic (exact) mass is 318 g/mol. The van der Waals surface area contributed by atoms with Gasteiger partial charge in [-0.1, -0.05) is 38.5 Å². The number of carboxylic acid groups (broad SMARTS) is 1. The van der Waals surface area contributed by atoms with Gasteiger partial charge in [-0.3, -0.25) is 0 Å². The maximum absolute atomic E-state index is 11.0. The Labute approximate surface area is 134 Å². The minimum Gasteiger partial charge on any atom is -0.544 e. The van der Waals surface area contributed by atoms with E-state index in [2.05, 4.69) is 38.7 Å². The summed E-state index contributed by atoms with van der Waals surface area (Å²) in [5.41, 5.74) is 2.75. The predicted octanol–water partition coefficient (Wildman–Crippen LogP) is 3.00. The highest BCUT2D eigenvalue weighted by atomic mass is 32.1. The molecule has 0 amide bonds. The number of hydrogen-bond donors (Lipinski definition) is 0. The van der Waals surface area contributed by atoms with Crippen molar-refractivity contribution in [3.05, 3.63) is 44.9 Å². The molecule has 0 aliphatic carbocycles. The Bertz CT molecular complexity index is 698. The molecular formula is C17H20NO3S-. The summed E-state index contributed by atoms with van der Waals surface area (Å²) in [5.74, 6) is -0.382. The molecule has 4 nitrogen and oxygen atoms in total. The minimum absolute atomic E-state index is 0.0315. The van der Waals surface area contributed by atoms with Crippen molar-refractivity contribution in [1.82, 2.24) is 4.98 Å². The van der Waals surface area contributed by atoms with Crippen LogP contribution >= 0.6 is 11.3 Å². The second-order valence-electron chi connectivity index (χ2n) is 6.35. The quantitative estimate of drug-likeness (QED) is 0.869. The number of carbonyl (C=O) groups is 1. The van der Waals surface area contributed by atoms with Crippen molar-refractivity contribution in [3.8, 4) is 5.75 Å². The lowest BCUT2D eigenvalue weighted by molar-refractivity contribution is -0.254. The lowest BCUT2D eigenvalue weighted by Gasteiger charge is -2.23. The van der Waals surface area contributed by atoms with Gasteiger partial charge in [-0.15, -0.1) is 11.3 Å². The molecule has 0 spiro atoms. The summed E-state index contributed by atoms with van der Waals surface area (Å²) in [4.78, 5) is 15.3. The SMILES string of the molecule is Cc1ccc(OCc2nc(C)c(C(=O)[O-])s2)c(C(C)(C)C)c1. The van der Waals surface area contributed by atoms with Crippen LogP contribution in [0.25, 0.3) is 0 Å². The number of thiazole rings is 1.